The van der Waals surface area contributed by atoms with Gasteiger partial charge in [-0.2, -0.15) is 5.10 Å². The fourth-order valence-corrected chi connectivity index (χ4v) is 2.19. The van der Waals surface area contributed by atoms with Gasteiger partial charge >= 0.3 is 0 Å². The second kappa shape index (κ2) is 4.16. The number of aromatic nitrogens is 2. The van der Waals surface area contributed by atoms with E-state index >= 15 is 0 Å². The van der Waals surface area contributed by atoms with Crippen molar-refractivity contribution in [2.75, 3.05) is 0 Å². The van der Waals surface area contributed by atoms with Crippen molar-refractivity contribution in [2.45, 2.75) is 52.9 Å². The summed E-state index contributed by atoms with van der Waals surface area (Å²) in [6.07, 6.45) is 1.04. The summed E-state index contributed by atoms with van der Waals surface area (Å²) in [7, 11) is 2.06. The van der Waals surface area contributed by atoms with Crippen LogP contribution in [-0.4, -0.2) is 9.78 Å². The highest BCUT2D eigenvalue weighted by molar-refractivity contribution is 5.31. The van der Waals surface area contributed by atoms with E-state index in [-0.39, 0.29) is 0 Å². The predicted octanol–water partition coefficient (Wildman–Crippen LogP) is 3.23. The molecule has 14 heavy (non-hydrogen) atoms. The van der Waals surface area contributed by atoms with Crippen LogP contribution < -0.4 is 0 Å². The van der Waals surface area contributed by atoms with Crippen LogP contribution in [-0.2, 0) is 13.5 Å². The maximum atomic E-state index is 4.59. The van der Waals surface area contributed by atoms with Gasteiger partial charge in [0, 0.05) is 12.7 Å². The third-order valence-corrected chi connectivity index (χ3v) is 2.67. The first kappa shape index (κ1) is 11.3. The maximum Gasteiger partial charge on any atom is 0.0659 e. The maximum absolute atomic E-state index is 4.59. The average molecular weight is 194 g/mol. The molecule has 80 valence electrons. The van der Waals surface area contributed by atoms with E-state index in [2.05, 4.69) is 51.4 Å². The van der Waals surface area contributed by atoms with E-state index in [0.29, 0.717) is 11.8 Å². The van der Waals surface area contributed by atoms with Crippen LogP contribution in [0.5, 0.6) is 0 Å². The van der Waals surface area contributed by atoms with Crippen LogP contribution in [0.25, 0.3) is 0 Å². The quantitative estimate of drug-likeness (QED) is 0.722. The zero-order chi connectivity index (χ0) is 10.9. The van der Waals surface area contributed by atoms with Crippen LogP contribution in [0, 0.1) is 0 Å². The van der Waals surface area contributed by atoms with Gasteiger partial charge in [-0.3, -0.25) is 4.68 Å². The van der Waals surface area contributed by atoms with Gasteiger partial charge < -0.3 is 0 Å². The van der Waals surface area contributed by atoms with Gasteiger partial charge in [0.15, 0.2) is 0 Å². The lowest BCUT2D eigenvalue weighted by molar-refractivity contribution is 0.655. The number of nitrogens with zero attached hydrogens (tertiary/aromatic N) is 2. The Kier molecular flexibility index (Phi) is 3.35. The van der Waals surface area contributed by atoms with Gasteiger partial charge in [-0.25, -0.2) is 0 Å². The third kappa shape index (κ3) is 1.84. The highest BCUT2D eigenvalue weighted by atomic mass is 15.3. The summed E-state index contributed by atoms with van der Waals surface area (Å²) in [6.45, 7) is 11.2. The Bertz CT molecular complexity index is 308. The predicted molar refractivity (Wildman–Crippen MR) is 60.8 cm³/mol. The number of hydrogen-bond acceptors (Lipinski definition) is 1. The van der Waals surface area contributed by atoms with Crippen LogP contribution in [0.2, 0.25) is 0 Å². The Morgan fingerprint density at radius 1 is 1.14 bits per heavy atom. The molecule has 0 aliphatic heterocycles. The van der Waals surface area contributed by atoms with E-state index < -0.39 is 0 Å². The molecule has 1 rings (SSSR count). The number of rotatable bonds is 3. The Hall–Kier alpha value is -0.790. The molecule has 2 heteroatoms. The van der Waals surface area contributed by atoms with E-state index in [9.17, 15) is 0 Å². The van der Waals surface area contributed by atoms with E-state index in [1.54, 1.807) is 0 Å². The Balaban J connectivity index is 3.31. The van der Waals surface area contributed by atoms with Gasteiger partial charge in [-0.1, -0.05) is 34.6 Å². The molecule has 0 saturated heterocycles. The van der Waals surface area contributed by atoms with Gasteiger partial charge in [0.2, 0.25) is 0 Å². The average Bonchev–Trinajstić information content (AvgIpc) is 2.41. The topological polar surface area (TPSA) is 17.8 Å². The largest absolute Gasteiger partial charge is 0.272 e. The molecule has 1 aromatic heterocycles. The molecule has 0 fully saturated rings. The second-order valence-electron chi connectivity index (χ2n) is 4.53. The van der Waals surface area contributed by atoms with Gasteiger partial charge in [-0.05, 0) is 23.8 Å². The molecular weight excluding hydrogens is 172 g/mol. The van der Waals surface area contributed by atoms with Gasteiger partial charge in [0.25, 0.3) is 0 Å². The smallest absolute Gasteiger partial charge is 0.0659 e. The Morgan fingerprint density at radius 3 is 2.07 bits per heavy atom. The summed E-state index contributed by atoms with van der Waals surface area (Å²) in [4.78, 5) is 0. The highest BCUT2D eigenvalue weighted by Crippen LogP contribution is 2.28. The molecule has 2 nitrogen and oxygen atoms in total. The lowest BCUT2D eigenvalue weighted by atomic mass is 9.94. The van der Waals surface area contributed by atoms with Crippen molar-refractivity contribution in [3.05, 3.63) is 17.0 Å². The molecule has 0 aromatic carbocycles. The lowest BCUT2D eigenvalue weighted by Gasteiger charge is -2.12. The summed E-state index contributed by atoms with van der Waals surface area (Å²) >= 11 is 0. The summed E-state index contributed by atoms with van der Waals surface area (Å²) in [5, 5.41) is 4.59. The van der Waals surface area contributed by atoms with Gasteiger partial charge in [-0.15, -0.1) is 0 Å². The minimum Gasteiger partial charge on any atom is -0.272 e. The van der Waals surface area contributed by atoms with Crippen molar-refractivity contribution >= 4 is 0 Å². The monoisotopic (exact) mass is 194 g/mol. The molecule has 1 aromatic rings. The minimum atomic E-state index is 0.560. The van der Waals surface area contributed by atoms with Crippen LogP contribution >= 0.6 is 0 Å². The molecule has 0 aliphatic rings. The lowest BCUT2D eigenvalue weighted by Crippen LogP contribution is -2.03. The molecule has 0 radical (unpaired) electrons. The van der Waals surface area contributed by atoms with Gasteiger partial charge in [0.1, 0.15) is 0 Å². The van der Waals surface area contributed by atoms with Crippen LogP contribution in [0.1, 0.15) is 63.4 Å². The van der Waals surface area contributed by atoms with E-state index in [4.69, 9.17) is 0 Å². The molecule has 0 N–H and O–H groups in total. The molecular formula is C12H22N2. The molecule has 0 atom stereocenters. The van der Waals surface area contributed by atoms with E-state index in [0.717, 1.165) is 6.42 Å². The Labute approximate surface area is 87.3 Å². The van der Waals surface area contributed by atoms with Crippen molar-refractivity contribution in [2.24, 2.45) is 7.05 Å². The first-order chi connectivity index (χ1) is 6.49. The van der Waals surface area contributed by atoms with Crippen molar-refractivity contribution < 1.29 is 0 Å². The molecule has 0 bridgehead atoms. The zero-order valence-corrected chi connectivity index (χ0v) is 10.3. The second-order valence-corrected chi connectivity index (χ2v) is 4.53. The summed E-state index contributed by atoms with van der Waals surface area (Å²) in [5.74, 6) is 1.14. The molecule has 0 spiro atoms. The van der Waals surface area contributed by atoms with E-state index in [1.807, 2.05) is 0 Å². The van der Waals surface area contributed by atoms with Crippen molar-refractivity contribution in [1.82, 2.24) is 9.78 Å². The number of aryl methyl sites for hydroxylation is 2. The standard InChI is InChI=1S/C12H22N2/c1-7-10-11(8(2)3)12(9(4)5)14(6)13-10/h8-9H,7H2,1-6H3. The first-order valence-electron chi connectivity index (χ1n) is 5.54. The molecule has 0 saturated carbocycles. The molecule has 0 unspecified atom stereocenters. The fourth-order valence-electron chi connectivity index (χ4n) is 2.19. The van der Waals surface area contributed by atoms with Gasteiger partial charge in [0.05, 0.1) is 5.69 Å². The molecule has 0 aliphatic carbocycles. The summed E-state index contributed by atoms with van der Waals surface area (Å²) < 4.78 is 2.05. The highest BCUT2D eigenvalue weighted by Gasteiger charge is 2.19. The summed E-state index contributed by atoms with van der Waals surface area (Å²) in [5.41, 5.74) is 4.13. The van der Waals surface area contributed by atoms with Crippen molar-refractivity contribution in [3.8, 4) is 0 Å². The molecule has 0 amide bonds. The van der Waals surface area contributed by atoms with Crippen molar-refractivity contribution in [1.29, 1.82) is 0 Å². The molecule has 1 heterocycles. The Morgan fingerprint density at radius 2 is 1.71 bits per heavy atom. The van der Waals surface area contributed by atoms with Crippen LogP contribution in [0.15, 0.2) is 0 Å². The van der Waals surface area contributed by atoms with Crippen LogP contribution in [0.4, 0.5) is 0 Å². The normalized spacial score (nSPS) is 11.7. The van der Waals surface area contributed by atoms with Crippen LogP contribution in [0.3, 0.4) is 0 Å². The SMILES string of the molecule is CCc1nn(C)c(C(C)C)c1C(C)C. The zero-order valence-electron chi connectivity index (χ0n) is 10.3. The number of hydrogen-bond donors (Lipinski definition) is 0. The van der Waals surface area contributed by atoms with Crippen molar-refractivity contribution in [3.63, 3.8) is 0 Å². The summed E-state index contributed by atoms with van der Waals surface area (Å²) in [6, 6.07) is 0. The van der Waals surface area contributed by atoms with E-state index in [1.165, 1.54) is 17.0 Å². The third-order valence-electron chi connectivity index (χ3n) is 2.67. The first-order valence-corrected chi connectivity index (χ1v) is 5.54. The minimum absolute atomic E-state index is 0.560. The fraction of sp³-hybridized carbons (Fsp3) is 0.750.